The van der Waals surface area contributed by atoms with E-state index in [-0.39, 0.29) is 22.1 Å². The Morgan fingerprint density at radius 1 is 0.958 bits per heavy atom. The van der Waals surface area contributed by atoms with Crippen LogP contribution < -0.4 is 10.6 Å². The van der Waals surface area contributed by atoms with Crippen molar-refractivity contribution in [1.82, 2.24) is 0 Å². The minimum Gasteiger partial charge on any atom is -0.366 e. The van der Waals surface area contributed by atoms with Crippen LogP contribution in [0.1, 0.15) is 57.4 Å². The van der Waals surface area contributed by atoms with Gasteiger partial charge in [-0.2, -0.15) is 0 Å². The van der Waals surface area contributed by atoms with Crippen LogP contribution in [-0.2, 0) is 5.41 Å². The van der Waals surface area contributed by atoms with Gasteiger partial charge in [0.1, 0.15) is 0 Å². The van der Waals surface area contributed by atoms with E-state index in [1.807, 2.05) is 12.1 Å². The highest BCUT2D eigenvalue weighted by atomic mass is 16.2. The van der Waals surface area contributed by atoms with Gasteiger partial charge in [-0.1, -0.05) is 39.0 Å². The summed E-state index contributed by atoms with van der Waals surface area (Å²) in [5.74, 6) is -1.69. The van der Waals surface area contributed by atoms with Gasteiger partial charge >= 0.3 is 0 Å². The van der Waals surface area contributed by atoms with Crippen LogP contribution in [0.4, 0.5) is 5.69 Å². The van der Waals surface area contributed by atoms with Crippen LogP contribution in [0.15, 0.2) is 42.5 Å². The number of nitrogens with two attached hydrogens (primary N) is 1. The lowest BCUT2D eigenvalue weighted by Crippen LogP contribution is -2.30. The molecule has 0 aromatic heterocycles. The number of nitrogens with zero attached hydrogens (tertiary/aromatic N) is 1. The summed E-state index contributed by atoms with van der Waals surface area (Å²) in [6, 6.07) is 11.8. The summed E-state index contributed by atoms with van der Waals surface area (Å²) >= 11 is 0. The third-order valence-corrected chi connectivity index (χ3v) is 4.17. The van der Waals surface area contributed by atoms with Crippen LogP contribution in [0.2, 0.25) is 0 Å². The molecule has 1 aliphatic heterocycles. The SMILES string of the molecule is CC(C)(C)c1ccc(N2C(=O)c3cccc(C(N)=O)c3C2=O)cc1. The van der Waals surface area contributed by atoms with Crippen molar-refractivity contribution in [3.05, 3.63) is 64.7 Å². The van der Waals surface area contributed by atoms with Crippen LogP contribution in [0.25, 0.3) is 0 Å². The molecule has 3 rings (SSSR count). The number of imide groups is 1. The van der Waals surface area contributed by atoms with Gasteiger partial charge in [-0.25, -0.2) is 4.90 Å². The van der Waals surface area contributed by atoms with Gasteiger partial charge in [0.05, 0.1) is 22.4 Å². The van der Waals surface area contributed by atoms with Gasteiger partial charge in [-0.15, -0.1) is 0 Å². The first-order chi connectivity index (χ1) is 11.2. The van der Waals surface area contributed by atoms with Crippen molar-refractivity contribution in [2.45, 2.75) is 26.2 Å². The van der Waals surface area contributed by atoms with Crippen LogP contribution in [0.5, 0.6) is 0 Å². The summed E-state index contributed by atoms with van der Waals surface area (Å²) in [6.45, 7) is 6.26. The molecule has 0 fully saturated rings. The molecule has 0 aliphatic carbocycles. The second-order valence-electron chi connectivity index (χ2n) is 6.83. The molecule has 2 aromatic rings. The highest BCUT2D eigenvalue weighted by molar-refractivity contribution is 6.36. The van der Waals surface area contributed by atoms with E-state index >= 15 is 0 Å². The van der Waals surface area contributed by atoms with Crippen LogP contribution in [0.3, 0.4) is 0 Å². The number of fused-ring (bicyclic) bond motifs is 1. The molecule has 2 N–H and O–H groups in total. The number of rotatable bonds is 2. The first-order valence-electron chi connectivity index (χ1n) is 7.64. The van der Waals surface area contributed by atoms with Crippen molar-refractivity contribution in [3.8, 4) is 0 Å². The molecule has 1 heterocycles. The minimum atomic E-state index is -0.724. The normalized spacial score (nSPS) is 14.0. The fourth-order valence-corrected chi connectivity index (χ4v) is 2.84. The molecule has 122 valence electrons. The van der Waals surface area contributed by atoms with E-state index in [1.54, 1.807) is 18.2 Å². The average molecular weight is 322 g/mol. The zero-order chi connectivity index (χ0) is 17.6. The molecule has 3 amide bonds. The molecule has 0 unspecified atom stereocenters. The number of primary amides is 1. The second-order valence-corrected chi connectivity index (χ2v) is 6.83. The predicted octanol–water partition coefficient (Wildman–Crippen LogP) is 2.88. The van der Waals surface area contributed by atoms with E-state index in [0.717, 1.165) is 10.5 Å². The van der Waals surface area contributed by atoms with Crippen LogP contribution in [-0.4, -0.2) is 17.7 Å². The molecule has 0 bridgehead atoms. The number of amides is 3. The monoisotopic (exact) mass is 322 g/mol. The number of carbonyl (C=O) groups excluding carboxylic acids is 3. The fraction of sp³-hybridized carbons (Fsp3) is 0.211. The maximum atomic E-state index is 12.7. The van der Waals surface area contributed by atoms with Gasteiger partial charge in [-0.05, 0) is 35.2 Å². The Morgan fingerprint density at radius 3 is 2.12 bits per heavy atom. The lowest BCUT2D eigenvalue weighted by Gasteiger charge is -2.20. The molecule has 0 saturated carbocycles. The van der Waals surface area contributed by atoms with Gasteiger partial charge < -0.3 is 5.73 Å². The third kappa shape index (κ3) is 2.38. The van der Waals surface area contributed by atoms with E-state index in [2.05, 4.69) is 20.8 Å². The molecule has 0 spiro atoms. The standard InChI is InChI=1S/C19H18N2O3/c1-19(2,3)11-7-9-12(10-8-11)21-17(23)14-6-4-5-13(16(20)22)15(14)18(21)24/h4-10H,1-3H3,(H2,20,22). The van der Waals surface area contributed by atoms with Gasteiger partial charge in [-0.3, -0.25) is 14.4 Å². The van der Waals surface area contributed by atoms with Gasteiger partial charge in [0.2, 0.25) is 5.91 Å². The van der Waals surface area contributed by atoms with Crippen LogP contribution >= 0.6 is 0 Å². The third-order valence-electron chi connectivity index (χ3n) is 4.17. The summed E-state index contributed by atoms with van der Waals surface area (Å²) in [6.07, 6.45) is 0. The van der Waals surface area contributed by atoms with E-state index in [1.165, 1.54) is 12.1 Å². The van der Waals surface area contributed by atoms with Gasteiger partial charge in [0.25, 0.3) is 11.8 Å². The first kappa shape index (κ1) is 15.9. The molecule has 24 heavy (non-hydrogen) atoms. The summed E-state index contributed by atoms with van der Waals surface area (Å²) in [5.41, 5.74) is 7.22. The Morgan fingerprint density at radius 2 is 1.58 bits per heavy atom. The van der Waals surface area contributed by atoms with Crippen molar-refractivity contribution < 1.29 is 14.4 Å². The zero-order valence-electron chi connectivity index (χ0n) is 13.8. The van der Waals surface area contributed by atoms with Crippen molar-refractivity contribution in [3.63, 3.8) is 0 Å². The van der Waals surface area contributed by atoms with Crippen molar-refractivity contribution >= 4 is 23.4 Å². The minimum absolute atomic E-state index is 0.0281. The molecule has 0 atom stereocenters. The maximum Gasteiger partial charge on any atom is 0.266 e. The quantitative estimate of drug-likeness (QED) is 0.863. The van der Waals surface area contributed by atoms with E-state index < -0.39 is 17.7 Å². The maximum absolute atomic E-state index is 12.7. The fourth-order valence-electron chi connectivity index (χ4n) is 2.84. The van der Waals surface area contributed by atoms with Gasteiger partial charge in [0, 0.05) is 0 Å². The van der Waals surface area contributed by atoms with E-state index in [9.17, 15) is 14.4 Å². The molecule has 5 heteroatoms. The van der Waals surface area contributed by atoms with E-state index in [0.29, 0.717) is 5.69 Å². The average Bonchev–Trinajstić information content (AvgIpc) is 2.78. The summed E-state index contributed by atoms with van der Waals surface area (Å²) in [5, 5.41) is 0. The summed E-state index contributed by atoms with van der Waals surface area (Å²) in [4.78, 5) is 38.0. The highest BCUT2D eigenvalue weighted by Crippen LogP contribution is 2.32. The molecule has 0 radical (unpaired) electrons. The largest absolute Gasteiger partial charge is 0.366 e. The number of anilines is 1. The molecular formula is C19H18N2O3. The number of hydrogen-bond acceptors (Lipinski definition) is 3. The Bertz CT molecular complexity index is 861. The molecule has 5 nitrogen and oxygen atoms in total. The Hall–Kier alpha value is -2.95. The van der Waals surface area contributed by atoms with E-state index in [4.69, 9.17) is 5.73 Å². The number of hydrogen-bond donors (Lipinski definition) is 1. The molecule has 1 aliphatic rings. The lowest BCUT2D eigenvalue weighted by atomic mass is 9.87. The summed E-state index contributed by atoms with van der Waals surface area (Å²) in [7, 11) is 0. The topological polar surface area (TPSA) is 80.5 Å². The Balaban J connectivity index is 2.06. The first-order valence-corrected chi connectivity index (χ1v) is 7.64. The lowest BCUT2D eigenvalue weighted by molar-refractivity contribution is 0.0918. The van der Waals surface area contributed by atoms with Crippen LogP contribution in [0, 0.1) is 0 Å². The smallest absolute Gasteiger partial charge is 0.266 e. The Labute approximate surface area is 140 Å². The predicted molar refractivity (Wildman–Crippen MR) is 91.2 cm³/mol. The zero-order valence-corrected chi connectivity index (χ0v) is 13.8. The second kappa shape index (κ2) is 5.30. The van der Waals surface area contributed by atoms with Crippen molar-refractivity contribution in [2.75, 3.05) is 4.90 Å². The van der Waals surface area contributed by atoms with Crippen molar-refractivity contribution in [1.29, 1.82) is 0 Å². The Kier molecular flexibility index (Phi) is 3.52. The molecule has 2 aromatic carbocycles. The number of benzene rings is 2. The van der Waals surface area contributed by atoms with Crippen molar-refractivity contribution in [2.24, 2.45) is 5.73 Å². The molecule has 0 saturated heterocycles. The highest BCUT2D eigenvalue weighted by Gasteiger charge is 2.39. The van der Waals surface area contributed by atoms with Gasteiger partial charge in [0.15, 0.2) is 0 Å². The molecular weight excluding hydrogens is 304 g/mol. The number of carbonyl (C=O) groups is 3. The summed E-state index contributed by atoms with van der Waals surface area (Å²) < 4.78 is 0.